The zero-order valence-corrected chi connectivity index (χ0v) is 12.4. The molecule has 1 amide bonds. The summed E-state index contributed by atoms with van der Waals surface area (Å²) < 4.78 is 43.3. The summed E-state index contributed by atoms with van der Waals surface area (Å²) in [5.41, 5.74) is -1.57. The number of methoxy groups -OCH3 is 1. The molecule has 4 nitrogen and oxygen atoms in total. The number of nitrogens with zero attached hydrogens (tertiary/aromatic N) is 1. The third-order valence-electron chi connectivity index (χ3n) is 4.07. The Morgan fingerprint density at radius 1 is 1.32 bits per heavy atom. The first-order chi connectivity index (χ1) is 10.2. The first-order valence-corrected chi connectivity index (χ1v) is 6.91. The minimum absolute atomic E-state index is 0.125. The Hall–Kier alpha value is -1.76. The summed E-state index contributed by atoms with van der Waals surface area (Å²) in [5.74, 6) is 0.281. The molecule has 1 aromatic rings. The van der Waals surface area contributed by atoms with Gasteiger partial charge in [-0.15, -0.1) is 0 Å². The number of benzene rings is 1. The monoisotopic (exact) mass is 317 g/mol. The van der Waals surface area contributed by atoms with Gasteiger partial charge in [0.15, 0.2) is 5.60 Å². The number of hydrogen-bond acceptors (Lipinski definition) is 3. The van der Waals surface area contributed by atoms with E-state index in [2.05, 4.69) is 0 Å². The molecule has 22 heavy (non-hydrogen) atoms. The van der Waals surface area contributed by atoms with Crippen molar-refractivity contribution in [3.63, 3.8) is 0 Å². The van der Waals surface area contributed by atoms with Crippen molar-refractivity contribution in [3.8, 4) is 5.75 Å². The average Bonchev–Trinajstić information content (AvgIpc) is 2.46. The minimum Gasteiger partial charge on any atom is -0.497 e. The predicted molar refractivity (Wildman–Crippen MR) is 73.9 cm³/mol. The fourth-order valence-electron chi connectivity index (χ4n) is 2.54. The van der Waals surface area contributed by atoms with Gasteiger partial charge in [0.05, 0.1) is 7.11 Å². The van der Waals surface area contributed by atoms with E-state index < -0.39 is 24.6 Å². The molecule has 2 rings (SSSR count). The molecule has 122 valence electrons. The molecular formula is C15H18F3NO3. The second kappa shape index (κ2) is 5.79. The van der Waals surface area contributed by atoms with E-state index in [1.807, 2.05) is 0 Å². The van der Waals surface area contributed by atoms with Crippen LogP contribution in [0.1, 0.15) is 28.8 Å². The van der Waals surface area contributed by atoms with Crippen LogP contribution in [-0.2, 0) is 0 Å². The SMILES string of the molecule is COc1ccc(C(=O)N2CCC(O)(C(F)(F)F)CC2)c(C)c1. The Balaban J connectivity index is 2.10. The number of carbonyl (C=O) groups excluding carboxylic acids is 1. The summed E-state index contributed by atoms with van der Waals surface area (Å²) in [5, 5.41) is 9.62. The summed E-state index contributed by atoms with van der Waals surface area (Å²) in [6, 6.07) is 4.93. The maximum Gasteiger partial charge on any atom is 0.417 e. The summed E-state index contributed by atoms with van der Waals surface area (Å²) in [7, 11) is 1.51. The zero-order valence-electron chi connectivity index (χ0n) is 12.4. The van der Waals surface area contributed by atoms with Gasteiger partial charge in [-0.2, -0.15) is 13.2 Å². The molecule has 1 aromatic carbocycles. The van der Waals surface area contributed by atoms with Crippen LogP contribution in [0.15, 0.2) is 18.2 Å². The predicted octanol–water partition coefficient (Wildman–Crippen LogP) is 2.53. The normalized spacial score (nSPS) is 18.2. The Morgan fingerprint density at radius 2 is 1.91 bits per heavy atom. The molecule has 1 N–H and O–H groups in total. The first kappa shape index (κ1) is 16.6. The van der Waals surface area contributed by atoms with E-state index in [1.54, 1.807) is 25.1 Å². The number of amides is 1. The van der Waals surface area contributed by atoms with Crippen molar-refractivity contribution in [2.45, 2.75) is 31.5 Å². The molecule has 0 spiro atoms. The highest BCUT2D eigenvalue weighted by molar-refractivity contribution is 5.95. The van der Waals surface area contributed by atoms with Crippen LogP contribution in [0.25, 0.3) is 0 Å². The van der Waals surface area contributed by atoms with Gasteiger partial charge in [0, 0.05) is 31.5 Å². The fraction of sp³-hybridized carbons (Fsp3) is 0.533. The third-order valence-corrected chi connectivity index (χ3v) is 4.07. The van der Waals surface area contributed by atoms with Crippen LogP contribution in [0, 0.1) is 6.92 Å². The number of carbonyl (C=O) groups is 1. The summed E-state index contributed by atoms with van der Waals surface area (Å²) >= 11 is 0. The molecular weight excluding hydrogens is 299 g/mol. The molecule has 0 atom stereocenters. The van der Waals surface area contributed by atoms with Crippen molar-refractivity contribution in [1.29, 1.82) is 0 Å². The van der Waals surface area contributed by atoms with Crippen LogP contribution < -0.4 is 4.74 Å². The van der Waals surface area contributed by atoms with Crippen molar-refractivity contribution in [1.82, 2.24) is 4.90 Å². The van der Waals surface area contributed by atoms with Gasteiger partial charge in [-0.1, -0.05) is 0 Å². The van der Waals surface area contributed by atoms with Crippen LogP contribution in [0.5, 0.6) is 5.75 Å². The largest absolute Gasteiger partial charge is 0.497 e. The molecule has 0 saturated carbocycles. The molecule has 1 aliphatic rings. The van der Waals surface area contributed by atoms with E-state index >= 15 is 0 Å². The van der Waals surface area contributed by atoms with Gasteiger partial charge < -0.3 is 14.7 Å². The van der Waals surface area contributed by atoms with Crippen molar-refractivity contribution in [3.05, 3.63) is 29.3 Å². The Morgan fingerprint density at radius 3 is 2.36 bits per heavy atom. The standard InChI is InChI=1S/C15H18F3NO3/c1-10-9-11(22-2)3-4-12(10)13(20)19-7-5-14(21,6-8-19)15(16,17)18/h3-4,9,21H,5-8H2,1-2H3. The number of hydrogen-bond donors (Lipinski definition) is 1. The molecule has 0 bridgehead atoms. The Bertz CT molecular complexity index is 564. The Labute approximate surface area is 126 Å². The lowest BCUT2D eigenvalue weighted by atomic mass is 9.90. The van der Waals surface area contributed by atoms with Crippen molar-refractivity contribution < 1.29 is 27.8 Å². The number of aliphatic hydroxyl groups is 1. The van der Waals surface area contributed by atoms with Crippen LogP contribution in [-0.4, -0.2) is 47.9 Å². The number of piperidine rings is 1. The van der Waals surface area contributed by atoms with Gasteiger partial charge in [0.2, 0.25) is 0 Å². The minimum atomic E-state index is -4.67. The van der Waals surface area contributed by atoms with E-state index in [0.29, 0.717) is 16.9 Å². The third kappa shape index (κ3) is 3.04. The number of likely N-dealkylation sites (tertiary alicyclic amines) is 1. The van der Waals surface area contributed by atoms with E-state index in [0.717, 1.165) is 0 Å². The molecule has 0 unspecified atom stereocenters. The lowest BCUT2D eigenvalue weighted by Crippen LogP contribution is -2.54. The Kier molecular flexibility index (Phi) is 4.37. The van der Waals surface area contributed by atoms with Crippen LogP contribution >= 0.6 is 0 Å². The number of rotatable bonds is 2. The van der Waals surface area contributed by atoms with Crippen molar-refractivity contribution in [2.75, 3.05) is 20.2 Å². The summed E-state index contributed by atoms with van der Waals surface area (Å²) in [6.07, 6.45) is -5.67. The zero-order chi connectivity index (χ0) is 16.5. The molecule has 0 radical (unpaired) electrons. The number of aryl methyl sites for hydroxylation is 1. The molecule has 1 fully saturated rings. The molecule has 7 heteroatoms. The second-order valence-electron chi connectivity index (χ2n) is 5.50. The van der Waals surface area contributed by atoms with E-state index in [4.69, 9.17) is 4.74 Å². The van der Waals surface area contributed by atoms with E-state index in [-0.39, 0.29) is 19.0 Å². The van der Waals surface area contributed by atoms with Crippen molar-refractivity contribution >= 4 is 5.91 Å². The lowest BCUT2D eigenvalue weighted by molar-refractivity contribution is -0.271. The van der Waals surface area contributed by atoms with Gasteiger partial charge in [-0.3, -0.25) is 4.79 Å². The highest BCUT2D eigenvalue weighted by atomic mass is 19.4. The number of halogens is 3. The quantitative estimate of drug-likeness (QED) is 0.912. The highest BCUT2D eigenvalue weighted by Gasteiger charge is 2.54. The number of alkyl halides is 3. The van der Waals surface area contributed by atoms with Crippen LogP contribution in [0.4, 0.5) is 13.2 Å². The smallest absolute Gasteiger partial charge is 0.417 e. The van der Waals surface area contributed by atoms with Gasteiger partial charge in [0.25, 0.3) is 5.91 Å². The molecule has 0 aliphatic carbocycles. The highest BCUT2D eigenvalue weighted by Crippen LogP contribution is 2.38. The van der Waals surface area contributed by atoms with Gasteiger partial charge in [-0.05, 0) is 30.7 Å². The summed E-state index contributed by atoms with van der Waals surface area (Å²) in [6.45, 7) is 1.49. The van der Waals surface area contributed by atoms with Gasteiger partial charge >= 0.3 is 6.18 Å². The van der Waals surface area contributed by atoms with Gasteiger partial charge in [-0.25, -0.2) is 0 Å². The van der Waals surface area contributed by atoms with Crippen LogP contribution in [0.2, 0.25) is 0 Å². The van der Waals surface area contributed by atoms with Crippen molar-refractivity contribution in [2.24, 2.45) is 0 Å². The first-order valence-electron chi connectivity index (χ1n) is 6.91. The fourth-order valence-corrected chi connectivity index (χ4v) is 2.54. The molecule has 1 aliphatic heterocycles. The number of ether oxygens (including phenoxy) is 1. The van der Waals surface area contributed by atoms with Gasteiger partial charge in [0.1, 0.15) is 5.75 Å². The molecule has 0 aromatic heterocycles. The van der Waals surface area contributed by atoms with E-state index in [1.165, 1.54) is 12.0 Å². The maximum atomic E-state index is 12.8. The maximum absolute atomic E-state index is 12.8. The van der Waals surface area contributed by atoms with Crippen LogP contribution in [0.3, 0.4) is 0 Å². The second-order valence-corrected chi connectivity index (χ2v) is 5.50. The van der Waals surface area contributed by atoms with E-state index in [9.17, 15) is 23.1 Å². The molecule has 1 saturated heterocycles. The average molecular weight is 317 g/mol. The topological polar surface area (TPSA) is 49.8 Å². The lowest BCUT2D eigenvalue weighted by Gasteiger charge is -2.39. The molecule has 1 heterocycles. The summed E-state index contributed by atoms with van der Waals surface area (Å²) in [4.78, 5) is 13.7.